The molecule has 0 spiro atoms. The maximum absolute atomic E-state index is 12.3. The third-order valence-corrected chi connectivity index (χ3v) is 4.87. The fourth-order valence-corrected chi connectivity index (χ4v) is 3.49. The number of sulfonamides is 1. The minimum absolute atomic E-state index is 0.108. The Labute approximate surface area is 132 Å². The summed E-state index contributed by atoms with van der Waals surface area (Å²) < 4.78 is 33.9. The lowest BCUT2D eigenvalue weighted by molar-refractivity contribution is 0.338. The van der Waals surface area contributed by atoms with Crippen molar-refractivity contribution in [1.82, 2.24) is 9.78 Å². The number of nitrogens with zero attached hydrogens (tertiary/aromatic N) is 2. The van der Waals surface area contributed by atoms with Gasteiger partial charge in [-0.05, 0) is 31.2 Å². The number of aryl methyl sites for hydroxylation is 1. The highest BCUT2D eigenvalue weighted by Crippen LogP contribution is 2.26. The molecule has 1 aromatic heterocycles. The van der Waals surface area contributed by atoms with Crippen molar-refractivity contribution >= 4 is 31.6 Å². The topological polar surface area (TPSA) is 73.2 Å². The van der Waals surface area contributed by atoms with Crippen LogP contribution >= 0.6 is 15.9 Å². The van der Waals surface area contributed by atoms with E-state index >= 15 is 0 Å². The van der Waals surface area contributed by atoms with Gasteiger partial charge in [-0.25, -0.2) is 0 Å². The number of nitrogens with one attached hydrogen (secondary N) is 1. The Kier molecular flexibility index (Phi) is 4.89. The highest BCUT2D eigenvalue weighted by Gasteiger charge is 2.18. The predicted octanol–water partition coefficient (Wildman–Crippen LogP) is 2.51. The number of benzene rings is 1. The Morgan fingerprint density at radius 1 is 1.38 bits per heavy atom. The van der Waals surface area contributed by atoms with E-state index in [0.29, 0.717) is 17.6 Å². The van der Waals surface area contributed by atoms with Crippen LogP contribution in [-0.2, 0) is 22.4 Å². The molecule has 0 saturated carbocycles. The predicted molar refractivity (Wildman–Crippen MR) is 84.3 cm³/mol. The average molecular weight is 374 g/mol. The second kappa shape index (κ2) is 6.48. The number of halogens is 1. The van der Waals surface area contributed by atoms with E-state index in [1.807, 2.05) is 6.92 Å². The summed E-state index contributed by atoms with van der Waals surface area (Å²) in [4.78, 5) is 0. The van der Waals surface area contributed by atoms with Crippen LogP contribution in [0.25, 0.3) is 0 Å². The molecule has 2 aromatic rings. The van der Waals surface area contributed by atoms with E-state index in [4.69, 9.17) is 4.74 Å². The van der Waals surface area contributed by atoms with Crippen molar-refractivity contribution in [3.8, 4) is 5.75 Å². The van der Waals surface area contributed by atoms with Crippen molar-refractivity contribution in [2.75, 3.05) is 11.3 Å². The summed E-state index contributed by atoms with van der Waals surface area (Å²) in [5.41, 5.74) is 1.36. The van der Waals surface area contributed by atoms with Crippen LogP contribution in [0.5, 0.6) is 5.75 Å². The van der Waals surface area contributed by atoms with E-state index in [0.717, 1.165) is 11.3 Å². The van der Waals surface area contributed by atoms with Crippen molar-refractivity contribution in [1.29, 1.82) is 0 Å². The zero-order valence-corrected chi connectivity index (χ0v) is 14.1. The summed E-state index contributed by atoms with van der Waals surface area (Å²) in [6.07, 6.45) is 1.44. The normalized spacial score (nSPS) is 11.4. The molecule has 0 atom stereocenters. The first-order valence-corrected chi connectivity index (χ1v) is 8.91. The number of rotatable bonds is 6. The minimum atomic E-state index is -3.66. The Hall–Kier alpha value is -1.54. The maximum Gasteiger partial charge on any atom is 0.279 e. The van der Waals surface area contributed by atoms with Gasteiger partial charge < -0.3 is 4.74 Å². The molecular weight excluding hydrogens is 358 g/mol. The third-order valence-electron chi connectivity index (χ3n) is 2.81. The van der Waals surface area contributed by atoms with E-state index in [-0.39, 0.29) is 5.03 Å². The largest absolute Gasteiger partial charge is 0.494 e. The molecule has 6 nitrogen and oxygen atoms in total. The molecule has 0 fully saturated rings. The summed E-state index contributed by atoms with van der Waals surface area (Å²) in [6.45, 7) is 2.46. The number of hydrogen-bond acceptors (Lipinski definition) is 4. The molecule has 0 radical (unpaired) electrons. The van der Waals surface area contributed by atoms with Crippen molar-refractivity contribution in [3.63, 3.8) is 0 Å². The first kappa shape index (κ1) is 15.8. The highest BCUT2D eigenvalue weighted by molar-refractivity contribution is 9.08. The van der Waals surface area contributed by atoms with E-state index in [1.54, 1.807) is 25.2 Å². The number of hydrogen-bond donors (Lipinski definition) is 1. The SMILES string of the molecule is CCOc1ccc(NS(=O)(=O)c2ccnn2C)cc1CBr. The van der Waals surface area contributed by atoms with Gasteiger partial charge >= 0.3 is 0 Å². The van der Waals surface area contributed by atoms with Gasteiger partial charge in [-0.2, -0.15) is 13.5 Å². The summed E-state index contributed by atoms with van der Waals surface area (Å²) in [7, 11) is -2.08. The van der Waals surface area contributed by atoms with Crippen LogP contribution in [0.4, 0.5) is 5.69 Å². The molecular formula is C13H16BrN3O3S. The molecule has 8 heteroatoms. The summed E-state index contributed by atoms with van der Waals surface area (Å²) in [6, 6.07) is 6.61. The van der Waals surface area contributed by atoms with Gasteiger partial charge in [0.2, 0.25) is 0 Å². The van der Waals surface area contributed by atoms with Crippen LogP contribution in [-0.4, -0.2) is 24.8 Å². The van der Waals surface area contributed by atoms with Gasteiger partial charge in [-0.1, -0.05) is 15.9 Å². The van der Waals surface area contributed by atoms with Gasteiger partial charge in [0.25, 0.3) is 10.0 Å². The van der Waals surface area contributed by atoms with E-state index in [2.05, 4.69) is 25.8 Å². The Morgan fingerprint density at radius 3 is 2.71 bits per heavy atom. The smallest absolute Gasteiger partial charge is 0.279 e. The van der Waals surface area contributed by atoms with E-state index < -0.39 is 10.0 Å². The second-order valence-corrected chi connectivity index (χ2v) is 6.48. The number of aromatic nitrogens is 2. The van der Waals surface area contributed by atoms with Crippen LogP contribution in [0, 0.1) is 0 Å². The Balaban J connectivity index is 2.30. The van der Waals surface area contributed by atoms with Crippen LogP contribution < -0.4 is 9.46 Å². The standard InChI is InChI=1S/C13H16BrN3O3S/c1-3-20-12-5-4-11(8-10(12)9-14)16-21(18,19)13-6-7-15-17(13)2/h4-8,16H,3,9H2,1-2H3. The van der Waals surface area contributed by atoms with Crippen LogP contribution in [0.1, 0.15) is 12.5 Å². The van der Waals surface area contributed by atoms with E-state index in [9.17, 15) is 8.42 Å². The average Bonchev–Trinajstić information content (AvgIpc) is 2.87. The first-order valence-electron chi connectivity index (χ1n) is 6.30. The van der Waals surface area contributed by atoms with Gasteiger partial charge in [0.05, 0.1) is 12.8 Å². The fourth-order valence-electron chi connectivity index (χ4n) is 1.88. The zero-order chi connectivity index (χ0) is 15.5. The summed E-state index contributed by atoms with van der Waals surface area (Å²) in [5.74, 6) is 0.734. The summed E-state index contributed by atoms with van der Waals surface area (Å²) in [5, 5.41) is 4.55. The lowest BCUT2D eigenvalue weighted by Crippen LogP contribution is -2.16. The molecule has 114 valence electrons. The van der Waals surface area contributed by atoms with Gasteiger partial charge in [-0.15, -0.1) is 0 Å². The second-order valence-electron chi connectivity index (χ2n) is 4.29. The lowest BCUT2D eigenvalue weighted by Gasteiger charge is -2.12. The molecule has 0 aliphatic rings. The maximum atomic E-state index is 12.3. The summed E-state index contributed by atoms with van der Waals surface area (Å²) >= 11 is 3.37. The van der Waals surface area contributed by atoms with Gasteiger partial charge in [0.1, 0.15) is 5.75 Å². The molecule has 1 heterocycles. The fraction of sp³-hybridized carbons (Fsp3) is 0.308. The lowest BCUT2D eigenvalue weighted by atomic mass is 10.2. The van der Waals surface area contributed by atoms with Crippen LogP contribution in [0.2, 0.25) is 0 Å². The number of ether oxygens (including phenoxy) is 1. The zero-order valence-electron chi connectivity index (χ0n) is 11.7. The molecule has 21 heavy (non-hydrogen) atoms. The quantitative estimate of drug-likeness (QED) is 0.789. The van der Waals surface area contributed by atoms with Crippen molar-refractivity contribution in [3.05, 3.63) is 36.0 Å². The minimum Gasteiger partial charge on any atom is -0.494 e. The highest BCUT2D eigenvalue weighted by atomic mass is 79.9. The number of alkyl halides is 1. The molecule has 0 amide bonds. The van der Waals surface area contributed by atoms with Crippen molar-refractivity contribution in [2.24, 2.45) is 7.05 Å². The van der Waals surface area contributed by atoms with Crippen LogP contribution in [0.15, 0.2) is 35.5 Å². The first-order chi connectivity index (χ1) is 9.97. The monoisotopic (exact) mass is 373 g/mol. The Bertz CT molecular complexity index is 728. The molecule has 2 rings (SSSR count). The third kappa shape index (κ3) is 3.56. The molecule has 0 unspecified atom stereocenters. The van der Waals surface area contributed by atoms with E-state index in [1.165, 1.54) is 16.9 Å². The molecule has 1 N–H and O–H groups in total. The molecule has 0 aliphatic carbocycles. The molecule has 0 bridgehead atoms. The number of anilines is 1. The van der Waals surface area contributed by atoms with Crippen molar-refractivity contribution < 1.29 is 13.2 Å². The van der Waals surface area contributed by atoms with Crippen LogP contribution in [0.3, 0.4) is 0 Å². The van der Waals surface area contributed by atoms with Gasteiger partial charge in [-0.3, -0.25) is 9.40 Å². The van der Waals surface area contributed by atoms with Gasteiger partial charge in [0, 0.05) is 23.6 Å². The van der Waals surface area contributed by atoms with Crippen molar-refractivity contribution in [2.45, 2.75) is 17.3 Å². The van der Waals surface area contributed by atoms with Gasteiger partial charge in [0.15, 0.2) is 5.03 Å². The Morgan fingerprint density at radius 2 is 2.14 bits per heavy atom. The molecule has 0 saturated heterocycles. The molecule has 1 aromatic carbocycles. The molecule has 0 aliphatic heterocycles.